The Morgan fingerprint density at radius 1 is 1.29 bits per heavy atom. The van der Waals surface area contributed by atoms with Crippen molar-refractivity contribution in [3.8, 4) is 0 Å². The molecule has 2 rings (SSSR count). The number of aliphatic carboxylic acids is 1. The molecule has 21 heavy (non-hydrogen) atoms. The van der Waals surface area contributed by atoms with E-state index in [1.54, 1.807) is 11.1 Å². The fourth-order valence-corrected chi connectivity index (χ4v) is 2.66. The van der Waals surface area contributed by atoms with E-state index in [-0.39, 0.29) is 12.3 Å². The first-order valence-electron chi connectivity index (χ1n) is 6.59. The smallest absolute Gasteiger partial charge is 0.303 e. The van der Waals surface area contributed by atoms with Crippen LogP contribution in [0.2, 0.25) is 0 Å². The van der Waals surface area contributed by atoms with Gasteiger partial charge in [0.05, 0.1) is 11.2 Å². The van der Waals surface area contributed by atoms with Gasteiger partial charge in [-0.2, -0.15) is 0 Å². The Hall–Kier alpha value is -2.21. The Kier molecular flexibility index (Phi) is 5.05. The van der Waals surface area contributed by atoms with Crippen LogP contribution < -0.4 is 4.90 Å². The number of carbonyl (C=O) groups excluding carboxylic acids is 1. The van der Waals surface area contributed by atoms with Gasteiger partial charge in [0.15, 0.2) is 0 Å². The van der Waals surface area contributed by atoms with Gasteiger partial charge in [0, 0.05) is 18.7 Å². The molecule has 6 heteroatoms. The molecule has 1 heterocycles. The Labute approximate surface area is 126 Å². The summed E-state index contributed by atoms with van der Waals surface area (Å²) in [5.74, 6) is -0.999. The molecule has 1 N–H and O–H groups in total. The average Bonchev–Trinajstić information content (AvgIpc) is 2.90. The normalized spacial score (nSPS) is 10.3. The van der Waals surface area contributed by atoms with Gasteiger partial charge in [-0.3, -0.25) is 9.59 Å². The lowest BCUT2D eigenvalue weighted by Crippen LogP contribution is -2.31. The number of nitrogens with zero attached hydrogens (tertiary/aromatic N) is 2. The molecule has 0 saturated carbocycles. The molecule has 0 aliphatic carbocycles. The van der Waals surface area contributed by atoms with Gasteiger partial charge in [-0.05, 0) is 25.5 Å². The summed E-state index contributed by atoms with van der Waals surface area (Å²) in [7, 11) is 0. The second-order valence-corrected chi connectivity index (χ2v) is 5.77. The van der Waals surface area contributed by atoms with Gasteiger partial charge in [-0.1, -0.05) is 18.2 Å². The molecule has 0 bridgehead atoms. The Morgan fingerprint density at radius 3 is 2.57 bits per heavy atom. The van der Waals surface area contributed by atoms with Crippen LogP contribution in [0.1, 0.15) is 27.5 Å². The first-order chi connectivity index (χ1) is 10.1. The molecule has 1 aromatic heterocycles. The van der Waals surface area contributed by atoms with Gasteiger partial charge in [0.2, 0.25) is 0 Å². The number of amides is 1. The quantitative estimate of drug-likeness (QED) is 0.890. The van der Waals surface area contributed by atoms with Crippen molar-refractivity contribution in [2.75, 3.05) is 11.4 Å². The summed E-state index contributed by atoms with van der Waals surface area (Å²) in [5.41, 5.74) is 0.763. The zero-order valence-electron chi connectivity index (χ0n) is 11.7. The monoisotopic (exact) mass is 304 g/mol. The van der Waals surface area contributed by atoms with Crippen LogP contribution in [0.25, 0.3) is 0 Å². The van der Waals surface area contributed by atoms with Crippen molar-refractivity contribution in [1.82, 2.24) is 4.98 Å². The highest BCUT2D eigenvalue weighted by molar-refractivity contribution is 7.13. The van der Waals surface area contributed by atoms with Crippen molar-refractivity contribution < 1.29 is 14.7 Å². The fourth-order valence-electron chi connectivity index (χ4n) is 1.94. The SMILES string of the molecule is Cc1ncc(C(=O)N(CCCC(=O)O)c2ccccc2)s1. The van der Waals surface area contributed by atoms with E-state index >= 15 is 0 Å². The lowest BCUT2D eigenvalue weighted by atomic mass is 10.2. The van der Waals surface area contributed by atoms with Crippen LogP contribution in [-0.2, 0) is 4.79 Å². The van der Waals surface area contributed by atoms with E-state index < -0.39 is 5.97 Å². The fraction of sp³-hybridized carbons (Fsp3) is 0.267. The van der Waals surface area contributed by atoms with E-state index in [0.29, 0.717) is 17.8 Å². The molecule has 0 radical (unpaired) electrons. The predicted molar refractivity (Wildman–Crippen MR) is 81.8 cm³/mol. The van der Waals surface area contributed by atoms with E-state index in [1.165, 1.54) is 11.3 Å². The molecule has 0 saturated heterocycles. The van der Waals surface area contributed by atoms with Gasteiger partial charge >= 0.3 is 5.97 Å². The lowest BCUT2D eigenvalue weighted by molar-refractivity contribution is -0.137. The summed E-state index contributed by atoms with van der Waals surface area (Å²) < 4.78 is 0. The molecule has 0 aliphatic rings. The molecule has 0 unspecified atom stereocenters. The summed E-state index contributed by atoms with van der Waals surface area (Å²) in [6.07, 6.45) is 2.02. The van der Waals surface area contributed by atoms with Crippen molar-refractivity contribution in [2.45, 2.75) is 19.8 Å². The number of hydrogen-bond donors (Lipinski definition) is 1. The van der Waals surface area contributed by atoms with Crippen LogP contribution in [0.4, 0.5) is 5.69 Å². The number of carboxylic acid groups (broad SMARTS) is 1. The number of aromatic nitrogens is 1. The van der Waals surface area contributed by atoms with Gasteiger partial charge in [-0.25, -0.2) is 4.98 Å². The maximum Gasteiger partial charge on any atom is 0.303 e. The molecule has 5 nitrogen and oxygen atoms in total. The minimum absolute atomic E-state index is 0.0400. The first kappa shape index (κ1) is 15.2. The highest BCUT2D eigenvalue weighted by Crippen LogP contribution is 2.20. The number of carbonyl (C=O) groups is 2. The van der Waals surface area contributed by atoms with Crippen LogP contribution in [0.15, 0.2) is 36.5 Å². The number of benzene rings is 1. The second kappa shape index (κ2) is 6.99. The first-order valence-corrected chi connectivity index (χ1v) is 7.40. The summed E-state index contributed by atoms with van der Waals surface area (Å²) in [4.78, 5) is 29.5. The van der Waals surface area contributed by atoms with E-state index in [1.807, 2.05) is 37.3 Å². The zero-order valence-corrected chi connectivity index (χ0v) is 12.5. The van der Waals surface area contributed by atoms with Crippen molar-refractivity contribution in [3.05, 3.63) is 46.4 Å². The standard InChI is InChI=1S/C15H16N2O3S/c1-11-16-10-13(21-11)15(20)17(9-5-8-14(18)19)12-6-3-2-4-7-12/h2-4,6-7,10H,5,8-9H2,1H3,(H,18,19). The summed E-state index contributed by atoms with van der Waals surface area (Å²) in [6.45, 7) is 2.21. The third kappa shape index (κ3) is 4.13. The highest BCUT2D eigenvalue weighted by Gasteiger charge is 2.19. The van der Waals surface area contributed by atoms with Crippen molar-refractivity contribution >= 4 is 28.9 Å². The highest BCUT2D eigenvalue weighted by atomic mass is 32.1. The lowest BCUT2D eigenvalue weighted by Gasteiger charge is -2.21. The van der Waals surface area contributed by atoms with Crippen molar-refractivity contribution in [3.63, 3.8) is 0 Å². The van der Waals surface area contributed by atoms with Gasteiger partial charge in [0.1, 0.15) is 4.88 Å². The molecular weight excluding hydrogens is 288 g/mol. The summed E-state index contributed by atoms with van der Waals surface area (Å²) in [6, 6.07) is 9.26. The molecule has 110 valence electrons. The molecule has 1 amide bonds. The zero-order chi connectivity index (χ0) is 15.2. The molecule has 1 aromatic carbocycles. The van der Waals surface area contributed by atoms with Gasteiger partial charge in [0.25, 0.3) is 5.91 Å². The number of anilines is 1. The largest absolute Gasteiger partial charge is 0.481 e. The predicted octanol–water partition coefficient (Wildman–Crippen LogP) is 2.96. The maximum absolute atomic E-state index is 12.6. The number of para-hydroxylation sites is 1. The van der Waals surface area contributed by atoms with Crippen LogP contribution in [0, 0.1) is 6.92 Å². The summed E-state index contributed by atoms with van der Waals surface area (Å²) in [5, 5.41) is 9.57. The van der Waals surface area contributed by atoms with E-state index in [2.05, 4.69) is 4.98 Å². The average molecular weight is 304 g/mol. The Bertz CT molecular complexity index is 625. The Balaban J connectivity index is 2.19. The number of thiazole rings is 1. The van der Waals surface area contributed by atoms with E-state index in [4.69, 9.17) is 5.11 Å². The maximum atomic E-state index is 12.6. The van der Waals surface area contributed by atoms with Crippen LogP contribution in [0.3, 0.4) is 0 Å². The van der Waals surface area contributed by atoms with E-state index in [0.717, 1.165) is 10.7 Å². The molecule has 0 fully saturated rings. The third-order valence-electron chi connectivity index (χ3n) is 2.92. The van der Waals surface area contributed by atoms with Crippen molar-refractivity contribution in [2.24, 2.45) is 0 Å². The van der Waals surface area contributed by atoms with Crippen molar-refractivity contribution in [1.29, 1.82) is 0 Å². The number of rotatable bonds is 6. The number of aryl methyl sites for hydroxylation is 1. The molecular formula is C15H16N2O3S. The topological polar surface area (TPSA) is 70.5 Å². The van der Waals surface area contributed by atoms with Crippen LogP contribution in [0.5, 0.6) is 0 Å². The van der Waals surface area contributed by atoms with E-state index in [9.17, 15) is 9.59 Å². The Morgan fingerprint density at radius 2 is 2.00 bits per heavy atom. The number of hydrogen-bond acceptors (Lipinski definition) is 4. The van der Waals surface area contributed by atoms with Crippen LogP contribution in [-0.4, -0.2) is 28.5 Å². The summed E-state index contributed by atoms with van der Waals surface area (Å²) >= 11 is 1.34. The molecule has 0 aliphatic heterocycles. The third-order valence-corrected chi connectivity index (χ3v) is 3.82. The minimum atomic E-state index is -0.857. The molecule has 2 aromatic rings. The minimum Gasteiger partial charge on any atom is -0.481 e. The van der Waals surface area contributed by atoms with Gasteiger partial charge < -0.3 is 10.0 Å². The second-order valence-electron chi connectivity index (χ2n) is 4.53. The number of carboxylic acids is 1. The molecule has 0 atom stereocenters. The van der Waals surface area contributed by atoms with Crippen LogP contribution >= 0.6 is 11.3 Å². The molecule has 0 spiro atoms. The van der Waals surface area contributed by atoms with Gasteiger partial charge in [-0.15, -0.1) is 11.3 Å².